The fourth-order valence-electron chi connectivity index (χ4n) is 6.53. The van der Waals surface area contributed by atoms with Gasteiger partial charge in [-0.15, -0.1) is 0 Å². The van der Waals surface area contributed by atoms with Crippen molar-refractivity contribution in [2.24, 2.45) is 17.8 Å². The summed E-state index contributed by atoms with van der Waals surface area (Å²) in [6, 6.07) is 2.33. The number of nitrogens with zero attached hydrogens (tertiary/aromatic N) is 1. The van der Waals surface area contributed by atoms with Gasteiger partial charge in [-0.3, -0.25) is 14.4 Å². The maximum Gasteiger partial charge on any atom is 0.366 e. The molecule has 13 heteroatoms. The quantitative estimate of drug-likeness (QED) is 0.227. The molecule has 4 fully saturated rings. The van der Waals surface area contributed by atoms with Crippen LogP contribution in [0, 0.1) is 17.8 Å². The Morgan fingerprint density at radius 2 is 1.98 bits per heavy atom. The summed E-state index contributed by atoms with van der Waals surface area (Å²) in [5.41, 5.74) is 0.569. The maximum absolute atomic E-state index is 15.3. The van der Waals surface area contributed by atoms with Gasteiger partial charge in [0.1, 0.15) is 12.1 Å². The number of hydrogen-bond donors (Lipinski definition) is 3. The molecular formula is C31H40ClF3N4O5. The molecule has 1 aromatic carbocycles. The van der Waals surface area contributed by atoms with Gasteiger partial charge in [-0.05, 0) is 69.2 Å². The SMILES string of the molecule is CCOC(=O)/C(F)=C/[C@H](C[C@H]1CCNC1=O)NC(=O)[C@H]1[C@@H]2CC[C@@H](CC2(F)F)N1C(=O)[C@H](CC(C)C)Nc1cccc(Cl)c1. The highest BCUT2D eigenvalue weighted by Crippen LogP contribution is 2.49. The van der Waals surface area contributed by atoms with Crippen molar-refractivity contribution in [3.8, 4) is 0 Å². The normalized spacial score (nSPS) is 25.8. The van der Waals surface area contributed by atoms with Crippen molar-refractivity contribution in [1.82, 2.24) is 15.5 Å². The maximum atomic E-state index is 15.3. The Morgan fingerprint density at radius 1 is 1.23 bits per heavy atom. The Kier molecular flexibility index (Phi) is 10.9. The lowest BCUT2D eigenvalue weighted by molar-refractivity contribution is -0.194. The van der Waals surface area contributed by atoms with Crippen molar-refractivity contribution < 1.29 is 37.1 Å². The Bertz CT molecular complexity index is 1280. The van der Waals surface area contributed by atoms with Crippen molar-refractivity contribution in [2.45, 2.75) is 89.4 Å². The lowest BCUT2D eigenvalue weighted by Crippen LogP contribution is -2.70. The van der Waals surface area contributed by atoms with E-state index in [1.54, 1.807) is 24.3 Å². The van der Waals surface area contributed by atoms with Gasteiger partial charge in [0.05, 0.1) is 18.6 Å². The van der Waals surface area contributed by atoms with Gasteiger partial charge in [0.15, 0.2) is 0 Å². The zero-order valence-corrected chi connectivity index (χ0v) is 25.8. The van der Waals surface area contributed by atoms with Crippen molar-refractivity contribution in [3.63, 3.8) is 0 Å². The number of hydrogen-bond acceptors (Lipinski definition) is 6. The molecule has 0 unspecified atom stereocenters. The first-order valence-corrected chi connectivity index (χ1v) is 15.5. The van der Waals surface area contributed by atoms with Gasteiger partial charge in [-0.1, -0.05) is 31.5 Å². The van der Waals surface area contributed by atoms with E-state index < -0.39 is 72.0 Å². The number of rotatable bonds is 12. The van der Waals surface area contributed by atoms with E-state index in [1.165, 1.54) is 11.8 Å². The van der Waals surface area contributed by atoms with E-state index in [1.807, 2.05) is 13.8 Å². The number of esters is 1. The van der Waals surface area contributed by atoms with E-state index in [4.69, 9.17) is 16.3 Å². The van der Waals surface area contributed by atoms with Crippen LogP contribution < -0.4 is 16.0 Å². The monoisotopic (exact) mass is 640 g/mol. The third kappa shape index (κ3) is 7.86. The lowest BCUT2D eigenvalue weighted by Gasteiger charge is -2.54. The molecule has 1 aliphatic carbocycles. The van der Waals surface area contributed by atoms with Crippen molar-refractivity contribution in [3.05, 3.63) is 41.2 Å². The number of piperidine rings is 2. The number of anilines is 1. The molecule has 4 aliphatic rings. The molecule has 3 aliphatic heterocycles. The summed E-state index contributed by atoms with van der Waals surface area (Å²) in [4.78, 5) is 53.7. The van der Waals surface area contributed by atoms with Crippen LogP contribution in [0.25, 0.3) is 0 Å². The molecule has 3 heterocycles. The first-order valence-electron chi connectivity index (χ1n) is 15.1. The largest absolute Gasteiger partial charge is 0.461 e. The number of fused-ring (bicyclic) bond motifs is 3. The molecule has 242 valence electrons. The zero-order valence-electron chi connectivity index (χ0n) is 25.1. The Labute approximate surface area is 260 Å². The predicted molar refractivity (Wildman–Crippen MR) is 159 cm³/mol. The van der Waals surface area contributed by atoms with Gasteiger partial charge in [-0.2, -0.15) is 4.39 Å². The molecule has 44 heavy (non-hydrogen) atoms. The van der Waals surface area contributed by atoms with Crippen LogP contribution in [0.3, 0.4) is 0 Å². The summed E-state index contributed by atoms with van der Waals surface area (Å²) >= 11 is 6.14. The minimum atomic E-state index is -3.21. The lowest BCUT2D eigenvalue weighted by atomic mass is 9.71. The molecular weight excluding hydrogens is 601 g/mol. The second-order valence-corrected chi connectivity index (χ2v) is 12.6. The number of halogens is 4. The Balaban J connectivity index is 1.65. The summed E-state index contributed by atoms with van der Waals surface area (Å²) < 4.78 is 50.1. The first-order chi connectivity index (χ1) is 20.8. The van der Waals surface area contributed by atoms with Crippen LogP contribution in [0.15, 0.2) is 36.2 Å². The van der Waals surface area contributed by atoms with E-state index in [9.17, 15) is 23.6 Å². The molecule has 0 aromatic heterocycles. The second-order valence-electron chi connectivity index (χ2n) is 12.2. The van der Waals surface area contributed by atoms with E-state index >= 15 is 8.78 Å². The molecule has 2 bridgehead atoms. The highest BCUT2D eigenvalue weighted by atomic mass is 35.5. The van der Waals surface area contributed by atoms with Gasteiger partial charge in [0.2, 0.25) is 23.5 Å². The highest BCUT2D eigenvalue weighted by molar-refractivity contribution is 6.30. The van der Waals surface area contributed by atoms with E-state index in [0.717, 1.165) is 6.08 Å². The summed E-state index contributed by atoms with van der Waals surface area (Å²) in [7, 11) is 0. The number of alkyl halides is 2. The predicted octanol–water partition coefficient (Wildman–Crippen LogP) is 4.61. The van der Waals surface area contributed by atoms with Gasteiger partial charge >= 0.3 is 5.97 Å². The molecule has 0 spiro atoms. The summed E-state index contributed by atoms with van der Waals surface area (Å²) in [5.74, 6) is -9.42. The van der Waals surface area contributed by atoms with Crippen LogP contribution in [0.5, 0.6) is 0 Å². The molecule has 1 saturated carbocycles. The van der Waals surface area contributed by atoms with E-state index in [0.29, 0.717) is 36.5 Å². The molecule has 1 aromatic rings. The number of amides is 3. The molecule has 9 nitrogen and oxygen atoms in total. The minimum Gasteiger partial charge on any atom is -0.461 e. The molecule has 3 amide bonds. The van der Waals surface area contributed by atoms with Crippen LogP contribution in [-0.4, -0.2) is 71.8 Å². The zero-order chi connectivity index (χ0) is 32.2. The van der Waals surface area contributed by atoms with Crippen LogP contribution in [0.2, 0.25) is 5.02 Å². The van der Waals surface area contributed by atoms with Crippen molar-refractivity contribution in [1.29, 1.82) is 0 Å². The Hall–Kier alpha value is -3.28. The van der Waals surface area contributed by atoms with Gasteiger partial charge < -0.3 is 25.6 Å². The second kappa shape index (κ2) is 14.2. The van der Waals surface area contributed by atoms with E-state index in [2.05, 4.69) is 16.0 Å². The third-order valence-electron chi connectivity index (χ3n) is 8.48. The van der Waals surface area contributed by atoms with Gasteiger partial charge in [0.25, 0.3) is 5.92 Å². The number of benzene rings is 1. The summed E-state index contributed by atoms with van der Waals surface area (Å²) in [6.45, 7) is 5.67. The fraction of sp³-hybridized carbons (Fsp3) is 0.613. The van der Waals surface area contributed by atoms with Crippen molar-refractivity contribution in [2.75, 3.05) is 18.5 Å². The number of carbonyl (C=O) groups is 4. The number of carbonyl (C=O) groups excluding carboxylic acids is 4. The van der Waals surface area contributed by atoms with Crippen LogP contribution in [0.4, 0.5) is 18.9 Å². The fourth-order valence-corrected chi connectivity index (χ4v) is 6.72. The number of nitrogens with one attached hydrogen (secondary N) is 3. The molecule has 5 rings (SSSR count). The standard InChI is InChI=1S/C31H40ClF3N4O5/c1-4-44-30(43)24(33)15-21(13-18-10-11-36-27(18)40)38-28(41)26-23-9-8-22(16-31(23,34)35)39(26)29(42)25(12-17(2)3)37-20-7-5-6-19(32)14-20/h5-7,14-15,17-18,21-23,25-26,37H,4,8-13,16H2,1-3H3,(H,36,40)(H,38,41)/b24-15-/t18-,21+,22+,23+,25+,26-/m1/s1. The molecule has 6 atom stereocenters. The molecule has 3 N–H and O–H groups in total. The van der Waals surface area contributed by atoms with E-state index in [-0.39, 0.29) is 31.3 Å². The van der Waals surface area contributed by atoms with Gasteiger partial charge in [0, 0.05) is 35.6 Å². The number of ether oxygens (including phenoxy) is 1. The smallest absolute Gasteiger partial charge is 0.366 e. The van der Waals surface area contributed by atoms with Gasteiger partial charge in [-0.25, -0.2) is 13.6 Å². The van der Waals surface area contributed by atoms with Crippen molar-refractivity contribution >= 4 is 41.0 Å². The minimum absolute atomic E-state index is 0.0266. The van der Waals surface area contributed by atoms with Crippen LogP contribution in [-0.2, 0) is 23.9 Å². The first kappa shape index (κ1) is 33.6. The average molecular weight is 641 g/mol. The van der Waals surface area contributed by atoms with Crippen LogP contribution >= 0.6 is 11.6 Å². The average Bonchev–Trinajstić information content (AvgIpc) is 3.35. The van der Waals surface area contributed by atoms with Crippen LogP contribution in [0.1, 0.15) is 59.3 Å². The molecule has 3 saturated heterocycles. The topological polar surface area (TPSA) is 117 Å². The summed E-state index contributed by atoms with van der Waals surface area (Å²) in [5, 5.41) is 8.90. The Morgan fingerprint density at radius 3 is 2.59 bits per heavy atom. The molecule has 0 radical (unpaired) electrons. The highest BCUT2D eigenvalue weighted by Gasteiger charge is 2.61. The third-order valence-corrected chi connectivity index (χ3v) is 8.71. The summed E-state index contributed by atoms with van der Waals surface area (Å²) in [6.07, 6.45) is 1.32.